The van der Waals surface area contributed by atoms with Crippen LogP contribution in [-0.4, -0.2) is 49.8 Å². The van der Waals surface area contributed by atoms with Gasteiger partial charge in [-0.3, -0.25) is 0 Å². The summed E-state index contributed by atoms with van der Waals surface area (Å²) in [6.07, 6.45) is 6.83. The van der Waals surface area contributed by atoms with Crippen LogP contribution in [0.15, 0.2) is 23.3 Å². The number of guanidine groups is 1. The Morgan fingerprint density at radius 3 is 2.85 bits per heavy atom. The van der Waals surface area contributed by atoms with Crippen LogP contribution in [0.25, 0.3) is 0 Å². The fourth-order valence-corrected chi connectivity index (χ4v) is 3.10. The van der Waals surface area contributed by atoms with Gasteiger partial charge in [-0.2, -0.15) is 0 Å². The van der Waals surface area contributed by atoms with Crippen LogP contribution in [0.2, 0.25) is 0 Å². The first kappa shape index (κ1) is 20.5. The molecule has 2 rings (SSSR count). The lowest BCUT2D eigenvalue weighted by atomic mass is 10.1. The van der Waals surface area contributed by atoms with Crippen molar-refractivity contribution in [1.82, 2.24) is 15.6 Å². The fourth-order valence-electron chi connectivity index (χ4n) is 3.10. The highest BCUT2D eigenvalue weighted by atomic mass is 16.5. The summed E-state index contributed by atoms with van der Waals surface area (Å²) in [7, 11) is 0. The molecule has 2 heterocycles. The van der Waals surface area contributed by atoms with Crippen molar-refractivity contribution in [3.8, 4) is 0 Å². The highest BCUT2D eigenvalue weighted by Crippen LogP contribution is 2.19. The van der Waals surface area contributed by atoms with Gasteiger partial charge >= 0.3 is 0 Å². The van der Waals surface area contributed by atoms with Gasteiger partial charge in [-0.1, -0.05) is 32.3 Å². The molecule has 0 saturated carbocycles. The van der Waals surface area contributed by atoms with E-state index in [4.69, 9.17) is 9.73 Å². The zero-order valence-corrected chi connectivity index (χ0v) is 16.6. The molecule has 0 radical (unpaired) electrons. The second-order valence-electron chi connectivity index (χ2n) is 6.82. The van der Waals surface area contributed by atoms with E-state index in [1.807, 2.05) is 12.3 Å². The molecular formula is C20H35N5O. The monoisotopic (exact) mass is 361 g/mol. The molecule has 146 valence electrons. The number of aliphatic imine (C=N–C) groups is 1. The number of aromatic nitrogens is 1. The average Bonchev–Trinajstić information content (AvgIpc) is 2.67. The van der Waals surface area contributed by atoms with Crippen molar-refractivity contribution in [3.05, 3.63) is 23.9 Å². The summed E-state index contributed by atoms with van der Waals surface area (Å²) in [6.45, 7) is 11.4. The first-order chi connectivity index (χ1) is 12.7. The molecule has 0 amide bonds. The predicted molar refractivity (Wildman–Crippen MR) is 109 cm³/mol. The Bertz CT molecular complexity index is 543. The van der Waals surface area contributed by atoms with Crippen molar-refractivity contribution >= 4 is 11.8 Å². The lowest BCUT2D eigenvalue weighted by Gasteiger charge is -2.29. The largest absolute Gasteiger partial charge is 0.378 e. The highest BCUT2D eigenvalue weighted by Gasteiger charge is 2.15. The van der Waals surface area contributed by atoms with E-state index in [-0.39, 0.29) is 0 Å². The Labute approximate surface area is 158 Å². The van der Waals surface area contributed by atoms with Crippen molar-refractivity contribution in [3.63, 3.8) is 0 Å². The van der Waals surface area contributed by atoms with Crippen molar-refractivity contribution in [2.45, 2.75) is 59.0 Å². The Kier molecular flexibility index (Phi) is 9.24. The van der Waals surface area contributed by atoms with Gasteiger partial charge in [0.05, 0.1) is 19.8 Å². The van der Waals surface area contributed by atoms with Gasteiger partial charge in [-0.05, 0) is 26.3 Å². The van der Waals surface area contributed by atoms with Gasteiger partial charge in [-0.15, -0.1) is 0 Å². The molecule has 0 spiro atoms. The number of hydrogen-bond donors (Lipinski definition) is 2. The number of nitrogens with one attached hydrogen (secondary N) is 2. The Balaban J connectivity index is 1.99. The van der Waals surface area contributed by atoms with Crippen LogP contribution in [0, 0.1) is 0 Å². The number of rotatable bonds is 9. The van der Waals surface area contributed by atoms with E-state index in [0.717, 1.165) is 50.2 Å². The van der Waals surface area contributed by atoms with Crippen molar-refractivity contribution < 1.29 is 4.74 Å². The molecule has 1 aromatic heterocycles. The van der Waals surface area contributed by atoms with E-state index in [1.165, 1.54) is 25.7 Å². The number of anilines is 1. The predicted octanol–water partition coefficient (Wildman–Crippen LogP) is 2.94. The van der Waals surface area contributed by atoms with Crippen LogP contribution in [0.1, 0.15) is 52.0 Å². The summed E-state index contributed by atoms with van der Waals surface area (Å²) < 4.78 is 5.46. The lowest BCUT2D eigenvalue weighted by molar-refractivity contribution is 0.122. The standard InChI is InChI=1S/C20H35N5O/c1-4-6-7-9-17(3)24-20(21-5-2)23-16-18-10-8-11-22-19(18)25-12-14-26-15-13-25/h8,10-11,17H,4-7,9,12-16H2,1-3H3,(H2,21,23,24). The van der Waals surface area contributed by atoms with Crippen LogP contribution >= 0.6 is 0 Å². The molecule has 0 aromatic carbocycles. The molecule has 6 heteroatoms. The number of pyridine rings is 1. The minimum atomic E-state index is 0.423. The molecular weight excluding hydrogens is 326 g/mol. The number of morpholine rings is 1. The Morgan fingerprint density at radius 1 is 1.31 bits per heavy atom. The average molecular weight is 362 g/mol. The van der Waals surface area contributed by atoms with Gasteiger partial charge < -0.3 is 20.3 Å². The minimum Gasteiger partial charge on any atom is -0.378 e. The van der Waals surface area contributed by atoms with E-state index >= 15 is 0 Å². The van der Waals surface area contributed by atoms with Crippen LogP contribution in [-0.2, 0) is 11.3 Å². The molecule has 1 atom stereocenters. The third kappa shape index (κ3) is 6.83. The zero-order chi connectivity index (χ0) is 18.6. The molecule has 0 bridgehead atoms. The van der Waals surface area contributed by atoms with E-state index < -0.39 is 0 Å². The van der Waals surface area contributed by atoms with Gasteiger partial charge in [0.15, 0.2) is 5.96 Å². The molecule has 2 N–H and O–H groups in total. The summed E-state index contributed by atoms with van der Waals surface area (Å²) in [5, 5.41) is 6.89. The maximum absolute atomic E-state index is 5.46. The molecule has 0 aliphatic carbocycles. The third-order valence-electron chi connectivity index (χ3n) is 4.55. The molecule has 1 fully saturated rings. The molecule has 1 aromatic rings. The van der Waals surface area contributed by atoms with Gasteiger partial charge in [0.1, 0.15) is 5.82 Å². The lowest BCUT2D eigenvalue weighted by Crippen LogP contribution is -2.42. The van der Waals surface area contributed by atoms with E-state index in [0.29, 0.717) is 12.6 Å². The van der Waals surface area contributed by atoms with Crippen molar-refractivity contribution in [1.29, 1.82) is 0 Å². The SMILES string of the molecule is CCCCCC(C)NC(=NCc1cccnc1N1CCOCC1)NCC. The zero-order valence-electron chi connectivity index (χ0n) is 16.6. The smallest absolute Gasteiger partial charge is 0.191 e. The topological polar surface area (TPSA) is 61.8 Å². The maximum Gasteiger partial charge on any atom is 0.191 e. The van der Waals surface area contributed by atoms with Crippen LogP contribution in [0.5, 0.6) is 0 Å². The van der Waals surface area contributed by atoms with Gasteiger partial charge in [0, 0.05) is 37.4 Å². The van der Waals surface area contributed by atoms with Crippen molar-refractivity contribution in [2.24, 2.45) is 4.99 Å². The minimum absolute atomic E-state index is 0.423. The summed E-state index contributed by atoms with van der Waals surface area (Å²) in [5.74, 6) is 1.92. The maximum atomic E-state index is 5.46. The summed E-state index contributed by atoms with van der Waals surface area (Å²) in [5.41, 5.74) is 1.16. The number of unbranched alkanes of at least 4 members (excludes halogenated alkanes) is 2. The molecule has 1 unspecified atom stereocenters. The van der Waals surface area contributed by atoms with E-state index in [9.17, 15) is 0 Å². The molecule has 1 aliphatic heterocycles. The summed E-state index contributed by atoms with van der Waals surface area (Å²) >= 11 is 0. The van der Waals surface area contributed by atoms with Crippen molar-refractivity contribution in [2.75, 3.05) is 37.7 Å². The van der Waals surface area contributed by atoms with Gasteiger partial charge in [0.25, 0.3) is 0 Å². The first-order valence-corrected chi connectivity index (χ1v) is 10.1. The van der Waals surface area contributed by atoms with Crippen LogP contribution in [0.4, 0.5) is 5.82 Å². The van der Waals surface area contributed by atoms with Crippen LogP contribution in [0.3, 0.4) is 0 Å². The highest BCUT2D eigenvalue weighted by molar-refractivity contribution is 5.80. The fraction of sp³-hybridized carbons (Fsp3) is 0.700. The van der Waals surface area contributed by atoms with Gasteiger partial charge in [-0.25, -0.2) is 9.98 Å². The van der Waals surface area contributed by atoms with E-state index in [1.54, 1.807) is 0 Å². The number of nitrogens with zero attached hydrogens (tertiary/aromatic N) is 3. The normalized spacial score (nSPS) is 16.4. The Morgan fingerprint density at radius 2 is 2.12 bits per heavy atom. The Hall–Kier alpha value is -1.82. The molecule has 6 nitrogen and oxygen atoms in total. The van der Waals surface area contributed by atoms with Gasteiger partial charge in [0.2, 0.25) is 0 Å². The first-order valence-electron chi connectivity index (χ1n) is 10.1. The molecule has 1 saturated heterocycles. The molecule has 26 heavy (non-hydrogen) atoms. The number of ether oxygens (including phenoxy) is 1. The number of hydrogen-bond acceptors (Lipinski definition) is 4. The van der Waals surface area contributed by atoms with Crippen LogP contribution < -0.4 is 15.5 Å². The third-order valence-corrected chi connectivity index (χ3v) is 4.55. The van der Waals surface area contributed by atoms with E-state index in [2.05, 4.69) is 47.4 Å². The molecule has 1 aliphatic rings. The summed E-state index contributed by atoms with van der Waals surface area (Å²) in [4.78, 5) is 11.7. The quantitative estimate of drug-likeness (QED) is 0.402. The second-order valence-corrected chi connectivity index (χ2v) is 6.82. The second kappa shape index (κ2) is 11.7. The summed E-state index contributed by atoms with van der Waals surface area (Å²) in [6, 6.07) is 4.53.